The van der Waals surface area contributed by atoms with Crippen LogP contribution in [0, 0.1) is 0 Å². The first kappa shape index (κ1) is 40.0. The minimum absolute atomic E-state index is 0.150. The van der Waals surface area contributed by atoms with E-state index in [0.717, 1.165) is 72.5 Å². The minimum atomic E-state index is -0.258. The van der Waals surface area contributed by atoms with Gasteiger partial charge in [0.15, 0.2) is 0 Å². The van der Waals surface area contributed by atoms with Crippen LogP contribution < -0.4 is 0 Å². The van der Waals surface area contributed by atoms with E-state index in [4.69, 9.17) is 9.97 Å². The summed E-state index contributed by atoms with van der Waals surface area (Å²) in [5, 5.41) is 12.2. The lowest BCUT2D eigenvalue weighted by Gasteiger charge is -2.22. The van der Waals surface area contributed by atoms with Gasteiger partial charge in [0.2, 0.25) is 0 Å². The number of aromatic nitrogens is 3. The number of phenolic OH excluding ortho intramolecular Hbond substituents is 1. The van der Waals surface area contributed by atoms with Crippen LogP contribution in [0.1, 0.15) is 51.3 Å². The molecule has 11 rings (SSSR count). The number of nitrogens with zero attached hydrogens (tertiary/aromatic N) is 3. The van der Waals surface area contributed by atoms with Crippen molar-refractivity contribution in [2.24, 2.45) is 0 Å². The molecule has 314 valence electrons. The fourth-order valence-electron chi connectivity index (χ4n) is 9.82. The quantitative estimate of drug-likeness (QED) is 0.174. The van der Waals surface area contributed by atoms with Crippen LogP contribution >= 0.6 is 0 Å². The molecule has 0 bridgehead atoms. The van der Waals surface area contributed by atoms with Crippen molar-refractivity contribution < 1.29 is 5.11 Å². The number of phenols is 1. The Bertz CT molecular complexity index is 3430. The molecule has 2 aromatic heterocycles. The van der Waals surface area contributed by atoms with Crippen molar-refractivity contribution >= 4 is 11.0 Å². The molecule has 0 atom stereocenters. The van der Waals surface area contributed by atoms with Gasteiger partial charge in [-0.05, 0) is 115 Å². The molecule has 10 aromatic rings. The maximum atomic E-state index is 12.2. The lowest BCUT2D eigenvalue weighted by Crippen LogP contribution is -2.14. The molecule has 0 unspecified atom stereocenters. The Labute approximate surface area is 381 Å². The first-order valence-corrected chi connectivity index (χ1v) is 22.5. The molecule has 4 nitrogen and oxygen atoms in total. The molecule has 65 heavy (non-hydrogen) atoms. The first-order chi connectivity index (χ1) is 31.5. The Morgan fingerprint density at radius 2 is 1.08 bits per heavy atom. The van der Waals surface area contributed by atoms with Crippen LogP contribution in [0.5, 0.6) is 5.75 Å². The topological polar surface area (TPSA) is 50.9 Å². The molecule has 2 heterocycles. The van der Waals surface area contributed by atoms with Gasteiger partial charge in [-0.25, -0.2) is 4.98 Å². The molecule has 1 aliphatic carbocycles. The maximum absolute atomic E-state index is 12.2. The van der Waals surface area contributed by atoms with Crippen molar-refractivity contribution in [3.63, 3.8) is 0 Å². The van der Waals surface area contributed by atoms with E-state index in [0.29, 0.717) is 11.4 Å². The monoisotopic (exact) mass is 839 g/mol. The van der Waals surface area contributed by atoms with Gasteiger partial charge in [-0.3, -0.25) is 9.55 Å². The summed E-state index contributed by atoms with van der Waals surface area (Å²) in [6, 6.07) is 68.6. The van der Waals surface area contributed by atoms with E-state index >= 15 is 0 Å². The molecule has 1 N–H and O–H groups in total. The predicted octanol–water partition coefficient (Wildman–Crippen LogP) is 15.7. The maximum Gasteiger partial charge on any atom is 0.149 e. The smallest absolute Gasteiger partial charge is 0.149 e. The Hall–Kier alpha value is -7.82. The lowest BCUT2D eigenvalue weighted by atomic mass is 9.82. The molecule has 4 heteroatoms. The average Bonchev–Trinajstić information content (AvgIpc) is 3.83. The van der Waals surface area contributed by atoms with Gasteiger partial charge < -0.3 is 5.11 Å². The van der Waals surface area contributed by atoms with Crippen LogP contribution in [0.25, 0.3) is 95.0 Å². The van der Waals surface area contributed by atoms with Crippen LogP contribution in [0.2, 0.25) is 0 Å². The third-order valence-electron chi connectivity index (χ3n) is 13.3. The molecule has 0 fully saturated rings. The van der Waals surface area contributed by atoms with Crippen LogP contribution in [-0.4, -0.2) is 19.6 Å². The third kappa shape index (κ3) is 6.94. The number of imidazole rings is 1. The zero-order valence-electron chi connectivity index (χ0n) is 37.3. The van der Waals surface area contributed by atoms with Gasteiger partial charge in [0, 0.05) is 28.3 Å². The molecular formula is C61H49N3O. The molecule has 0 saturated carbocycles. The highest BCUT2D eigenvalue weighted by atomic mass is 16.3. The van der Waals surface area contributed by atoms with Crippen molar-refractivity contribution in [2.75, 3.05) is 0 Å². The van der Waals surface area contributed by atoms with E-state index < -0.39 is 0 Å². The summed E-state index contributed by atoms with van der Waals surface area (Å²) in [5.41, 5.74) is 19.8. The molecule has 0 radical (unpaired) electrons. The molecular weight excluding hydrogens is 791 g/mol. The normalized spacial score (nSPS) is 12.9. The number of fused-ring (bicyclic) bond motifs is 4. The van der Waals surface area contributed by atoms with Crippen molar-refractivity contribution in [3.05, 3.63) is 217 Å². The van der Waals surface area contributed by atoms with E-state index in [1.165, 1.54) is 27.8 Å². The van der Waals surface area contributed by atoms with Crippen LogP contribution in [0.3, 0.4) is 0 Å². The van der Waals surface area contributed by atoms with Gasteiger partial charge in [-0.1, -0.05) is 180 Å². The van der Waals surface area contributed by atoms with Crippen LogP contribution in [-0.2, 0) is 10.8 Å². The minimum Gasteiger partial charge on any atom is -0.507 e. The van der Waals surface area contributed by atoms with Gasteiger partial charge >= 0.3 is 0 Å². The fourth-order valence-corrected chi connectivity index (χ4v) is 9.82. The summed E-state index contributed by atoms with van der Waals surface area (Å²) >= 11 is 0. The van der Waals surface area contributed by atoms with Gasteiger partial charge in [0.1, 0.15) is 11.6 Å². The summed E-state index contributed by atoms with van der Waals surface area (Å²) in [4.78, 5) is 10.6. The van der Waals surface area contributed by atoms with Gasteiger partial charge in [0.05, 0.1) is 28.0 Å². The molecule has 0 saturated heterocycles. The van der Waals surface area contributed by atoms with E-state index in [-0.39, 0.29) is 16.6 Å². The highest BCUT2D eigenvalue weighted by Gasteiger charge is 2.37. The van der Waals surface area contributed by atoms with E-state index in [1.807, 2.05) is 24.4 Å². The second-order valence-electron chi connectivity index (χ2n) is 18.8. The Balaban J connectivity index is 1.11. The largest absolute Gasteiger partial charge is 0.507 e. The van der Waals surface area contributed by atoms with Gasteiger partial charge in [0.25, 0.3) is 0 Å². The number of rotatable bonds is 7. The molecule has 1 aliphatic rings. The molecule has 0 spiro atoms. The number of hydrogen-bond donors (Lipinski definition) is 1. The third-order valence-corrected chi connectivity index (χ3v) is 13.3. The van der Waals surface area contributed by atoms with Gasteiger partial charge in [-0.15, -0.1) is 0 Å². The average molecular weight is 840 g/mol. The molecule has 0 amide bonds. The SMILES string of the molecule is CC(C)(C)c1cc(-c2cc(-c3ccc(-c4ccccc4)cc3)ccn2)cc(-c2cccc3c2nc(-c2cc4c(cc2O)C(C)(C)c2ccccc2-4)n3-c2ccccc2-c2ccccc2)c1. The van der Waals surface area contributed by atoms with Gasteiger partial charge in [-0.2, -0.15) is 0 Å². The van der Waals surface area contributed by atoms with E-state index in [2.05, 4.69) is 215 Å². The highest BCUT2D eigenvalue weighted by Crippen LogP contribution is 2.52. The Morgan fingerprint density at radius 1 is 0.462 bits per heavy atom. The van der Waals surface area contributed by atoms with Crippen LogP contribution in [0.4, 0.5) is 0 Å². The summed E-state index contributed by atoms with van der Waals surface area (Å²) in [7, 11) is 0. The second-order valence-corrected chi connectivity index (χ2v) is 18.8. The van der Waals surface area contributed by atoms with Crippen molar-refractivity contribution in [2.45, 2.75) is 45.4 Å². The summed E-state index contributed by atoms with van der Waals surface area (Å²) in [5.74, 6) is 0.885. The lowest BCUT2D eigenvalue weighted by molar-refractivity contribution is 0.474. The van der Waals surface area contributed by atoms with Crippen molar-refractivity contribution in [3.8, 4) is 89.7 Å². The van der Waals surface area contributed by atoms with E-state index in [1.54, 1.807) is 0 Å². The molecule has 8 aromatic carbocycles. The van der Waals surface area contributed by atoms with Crippen molar-refractivity contribution in [1.82, 2.24) is 14.5 Å². The number of para-hydroxylation sites is 2. The summed E-state index contributed by atoms with van der Waals surface area (Å²) < 4.78 is 2.25. The highest BCUT2D eigenvalue weighted by molar-refractivity contribution is 5.98. The Kier molecular flexibility index (Phi) is 9.51. The van der Waals surface area contributed by atoms with Crippen molar-refractivity contribution in [1.29, 1.82) is 0 Å². The Morgan fingerprint density at radius 3 is 1.82 bits per heavy atom. The standard InChI is InChI=1S/C61H49N3O/c1-60(2,3)46-34-44(33-45(35-46)54-36-43(31-32-62-54)41-29-27-40(28-30-41)39-17-8-6-9-18-39)48-23-16-26-56-58(48)63-59(64(56)55-25-15-13-21-47(55)42-19-10-7-11-20-42)51-37-50-49-22-12-14-24-52(49)61(4,5)53(50)38-57(51)65/h6-38,65H,1-5H3. The molecule has 0 aliphatic heterocycles. The zero-order chi connectivity index (χ0) is 44.5. The van der Waals surface area contributed by atoms with E-state index in [9.17, 15) is 5.11 Å². The number of benzene rings is 8. The first-order valence-electron chi connectivity index (χ1n) is 22.5. The van der Waals surface area contributed by atoms with Crippen LogP contribution in [0.15, 0.2) is 200 Å². The summed E-state index contributed by atoms with van der Waals surface area (Å²) in [6.07, 6.45) is 1.92. The number of pyridine rings is 1. The fraction of sp³-hybridized carbons (Fsp3) is 0.115. The summed E-state index contributed by atoms with van der Waals surface area (Å²) in [6.45, 7) is 11.3. The predicted molar refractivity (Wildman–Crippen MR) is 269 cm³/mol. The zero-order valence-corrected chi connectivity index (χ0v) is 37.3. The number of aromatic hydroxyl groups is 1. The second kappa shape index (κ2) is 15.5. The number of hydrogen-bond acceptors (Lipinski definition) is 3.